The number of aldehydes is 1. The van der Waals surface area contributed by atoms with E-state index in [9.17, 15) is 57.8 Å². The first-order valence-electron chi connectivity index (χ1n) is 47.3. The van der Waals surface area contributed by atoms with E-state index in [4.69, 9.17) is 25.1 Å². The fourth-order valence-electron chi connectivity index (χ4n) is 16.1. The predicted octanol–water partition coefficient (Wildman–Crippen LogP) is 16.5. The van der Waals surface area contributed by atoms with Crippen LogP contribution in [0.25, 0.3) is 0 Å². The molecule has 5 aromatic rings. The number of aryl methyl sites for hydroxylation is 5. The second-order valence-electron chi connectivity index (χ2n) is 36.1. The Labute approximate surface area is 806 Å². The first kappa shape index (κ1) is 125. The molecular formula is C107H166LiN5O18Si. The summed E-state index contributed by atoms with van der Waals surface area (Å²) in [6.45, 7) is 45.4. The number of aliphatic carboxylic acids is 2. The van der Waals surface area contributed by atoms with E-state index in [-0.39, 0.29) is 104 Å². The summed E-state index contributed by atoms with van der Waals surface area (Å²) in [5, 5.41) is 24.3. The van der Waals surface area contributed by atoms with Gasteiger partial charge in [-0.05, 0) is 154 Å². The Hall–Kier alpha value is -9.32. The van der Waals surface area contributed by atoms with Gasteiger partial charge in [-0.2, -0.15) is 0 Å². The molecule has 2 aliphatic heterocycles. The van der Waals surface area contributed by atoms with E-state index in [1.165, 1.54) is 57.7 Å². The molecule has 25 heteroatoms. The molecule has 5 unspecified atom stereocenters. The first-order chi connectivity index (χ1) is 61.7. The summed E-state index contributed by atoms with van der Waals surface area (Å²) in [4.78, 5) is 136. The molecule has 7 rings (SSSR count). The fraction of sp³-hybridized carbons (Fsp3) is 0.579. The zero-order chi connectivity index (χ0) is 98.4. The van der Waals surface area contributed by atoms with Crippen LogP contribution in [0.15, 0.2) is 177 Å². The molecule has 132 heavy (non-hydrogen) atoms. The van der Waals surface area contributed by atoms with Gasteiger partial charge in [0, 0.05) is 28.3 Å². The van der Waals surface area contributed by atoms with Crippen LogP contribution < -0.4 is 35.2 Å². The maximum atomic E-state index is 13.0. The Morgan fingerprint density at radius 2 is 0.727 bits per heavy atom. The van der Waals surface area contributed by atoms with E-state index in [1.807, 2.05) is 200 Å². The minimum atomic E-state index is -0.900. The number of methoxy groups -OCH3 is 4. The molecule has 2 heterocycles. The monoisotopic (exact) mass is 1840 g/mol. The van der Waals surface area contributed by atoms with Crippen LogP contribution in [0.1, 0.15) is 249 Å². The first-order valence-corrected chi connectivity index (χ1v) is 49.7. The van der Waals surface area contributed by atoms with Gasteiger partial charge in [-0.1, -0.05) is 332 Å². The smallest absolute Gasteiger partial charge is 0.870 e. The number of carboxylic acid groups (broad SMARTS) is 2. The molecule has 7 N–H and O–H groups in total. The zero-order valence-electron chi connectivity index (χ0n) is 84.5. The predicted molar refractivity (Wildman–Crippen MR) is 528 cm³/mol. The Balaban J connectivity index is 0. The quantitative estimate of drug-likeness (QED) is 0.00794. The van der Waals surface area contributed by atoms with Crippen molar-refractivity contribution in [1.82, 2.24) is 20.4 Å². The van der Waals surface area contributed by atoms with Crippen LogP contribution in [0, 0.1) is 56.7 Å². The summed E-state index contributed by atoms with van der Waals surface area (Å²) < 4.78 is 19.2. The van der Waals surface area contributed by atoms with Gasteiger partial charge in [0.2, 0.25) is 23.6 Å². The number of nitrogens with one attached hydrogen (secondary N) is 2. The standard InChI is InChI=1S/C21H31NO3.C20H29NO4.C20H29NO3.C19H27NO3.C11H15NO2.C10H18O2.C6H16Si.Li.H2O/c1-6-15-21(4,16(3)7-2)20(24)22-18(19(23)25-5)14-13-17-11-9-8-10-12-17;1-5-15(2)20(3,13-14-22)19(24)21-17(18(23)25-4)12-11-16-9-7-6-8-10-16;1-5-15(2)20(3)13-14-21(19(20)23)17(18(22)24-4)12-11-16-9-7-6-8-10-16;1-4-14(2)19(3)12-13-20(18(19)23)16(17(21)22)11-10-15-8-6-5-7-9-15;1-14-11(13)10(12)8-7-9-5-3-2-4-6-9;1-5-7-10(4,9(11)12)8(3)6-2;1-4-7(5-2)6-3;;/h6,8-12,16,18H,1,7,13-15H2,2-5H3,(H,22,24);6-10,14-15,17H,5,11-13H2,1-4H3,(H,21,24);6-10,15,17H,5,11-14H2,1-4H3;5-9,14,16H,4,10-13H2,1-3H3,(H,21,22);2-6,10H,7-8,12H2,1H3;5,8H,1,6-7H2,2-4H3,(H,11,12);7H,4-6H2,1-3H3;;1H2/q;;;;;;;+1;/p-1/t16?,18-,21+;2*15?,17-,20+;14?,16-,19+;10-;8?,10-;;;/m000001.../s1. The minimum Gasteiger partial charge on any atom is -0.870 e. The molecule has 2 aliphatic rings. The number of rotatable bonds is 46. The van der Waals surface area contributed by atoms with Gasteiger partial charge >= 0.3 is 54.7 Å². The molecule has 0 radical (unpaired) electrons. The molecule has 2 fully saturated rings. The Bertz CT molecular complexity index is 4040. The number of carbonyl (C=O) groups excluding carboxylic acids is 9. The summed E-state index contributed by atoms with van der Waals surface area (Å²) in [6, 6.07) is 50.8. The van der Waals surface area contributed by atoms with Crippen LogP contribution in [-0.4, -0.2) is 172 Å². The molecule has 0 aromatic heterocycles. The number of allylic oxidation sites excluding steroid dienone is 2. The second-order valence-corrected chi connectivity index (χ2v) is 40.3. The molecule has 23 nitrogen and oxygen atoms in total. The van der Waals surface area contributed by atoms with Crippen LogP contribution >= 0.6 is 0 Å². The largest absolute Gasteiger partial charge is 1.00 e. The third kappa shape index (κ3) is 40.1. The van der Waals surface area contributed by atoms with Crippen molar-refractivity contribution in [3.63, 3.8) is 0 Å². The number of ether oxygens (including phenoxy) is 4. The summed E-state index contributed by atoms with van der Waals surface area (Å²) in [5.74, 6) is -2.50. The van der Waals surface area contributed by atoms with Crippen molar-refractivity contribution in [2.75, 3.05) is 41.5 Å². The summed E-state index contributed by atoms with van der Waals surface area (Å²) in [6.07, 6.45) is 17.6. The fourth-order valence-corrected chi connectivity index (χ4v) is 17.9. The van der Waals surface area contributed by atoms with Crippen molar-refractivity contribution in [3.8, 4) is 0 Å². The van der Waals surface area contributed by atoms with E-state index >= 15 is 0 Å². The normalized spacial score (nSPS) is 17.7. The zero-order valence-corrected chi connectivity index (χ0v) is 85.7. The number of esters is 4. The number of nitrogens with two attached hydrogens (primary N) is 1. The molecule has 4 amide bonds. The topological polar surface area (TPSA) is 352 Å². The van der Waals surface area contributed by atoms with Gasteiger partial charge < -0.3 is 65.6 Å². The van der Waals surface area contributed by atoms with Gasteiger partial charge in [0.15, 0.2) is 0 Å². The molecule has 2 saturated heterocycles. The molecule has 5 aromatic carbocycles. The van der Waals surface area contributed by atoms with Gasteiger partial charge in [-0.25, -0.2) is 19.2 Å². The number of carbonyl (C=O) groups is 11. The van der Waals surface area contributed by atoms with Crippen LogP contribution in [0.3, 0.4) is 0 Å². The molecule has 0 saturated carbocycles. The van der Waals surface area contributed by atoms with E-state index in [2.05, 4.69) is 90.8 Å². The van der Waals surface area contributed by atoms with Crippen molar-refractivity contribution < 1.29 is 106 Å². The van der Waals surface area contributed by atoms with Crippen molar-refractivity contribution >= 4 is 74.5 Å². The molecular weight excluding hydrogens is 1680 g/mol. The van der Waals surface area contributed by atoms with Gasteiger partial charge in [0.1, 0.15) is 36.5 Å². The number of carboxylic acids is 2. The van der Waals surface area contributed by atoms with Gasteiger partial charge in [-0.15, -0.1) is 13.2 Å². The summed E-state index contributed by atoms with van der Waals surface area (Å²) >= 11 is 0. The molecule has 732 valence electrons. The van der Waals surface area contributed by atoms with Gasteiger partial charge in [0.25, 0.3) is 0 Å². The molecule has 0 bridgehead atoms. The van der Waals surface area contributed by atoms with E-state index in [0.29, 0.717) is 83.2 Å². The van der Waals surface area contributed by atoms with Gasteiger partial charge in [0.05, 0.1) is 55.5 Å². The average Bonchev–Trinajstić information content (AvgIpc) is 1.63. The summed E-state index contributed by atoms with van der Waals surface area (Å²) in [7, 11) is 5.23. The number of likely N-dealkylation sites (tertiary alicyclic amines) is 2. The number of hydrogen-bond donors (Lipinski definition) is 5. The Morgan fingerprint density at radius 3 is 0.992 bits per heavy atom. The Kier molecular flexibility index (Phi) is 62.5. The van der Waals surface area contributed by atoms with Crippen molar-refractivity contribution in [2.24, 2.45) is 62.4 Å². The van der Waals surface area contributed by atoms with Crippen molar-refractivity contribution in [2.45, 2.75) is 301 Å². The molecule has 15 atom stereocenters. The third-order valence-electron chi connectivity index (χ3n) is 28.1. The van der Waals surface area contributed by atoms with Crippen LogP contribution in [0.5, 0.6) is 0 Å². The molecule has 0 spiro atoms. The number of benzene rings is 5. The molecule has 0 aliphatic carbocycles. The summed E-state index contributed by atoms with van der Waals surface area (Å²) in [5.41, 5.74) is 8.42. The van der Waals surface area contributed by atoms with Crippen LogP contribution in [0.4, 0.5) is 0 Å². The van der Waals surface area contributed by atoms with Crippen molar-refractivity contribution in [3.05, 3.63) is 205 Å². The maximum absolute atomic E-state index is 13.0. The van der Waals surface area contributed by atoms with Gasteiger partial charge in [-0.3, -0.25) is 28.8 Å². The minimum absolute atomic E-state index is 0. The second kappa shape index (κ2) is 66.1. The van der Waals surface area contributed by atoms with E-state index < -0.39 is 75.7 Å². The van der Waals surface area contributed by atoms with E-state index in [1.54, 1.807) is 35.8 Å². The Morgan fingerprint density at radius 1 is 0.447 bits per heavy atom. The SMILES string of the molecule is C=CC[C@@](C)(C(=O)N[C@@H](CCc1ccccc1)C(=O)OC)C(C)CC.C=CC[C@@](C)(C(=O)O)C(C)CC.CCC(C)[C@@](C)(CC=O)C(=O)N[C@@H](CCc1ccccc1)C(=O)OC.CCC(C)[C@@]1(C)CCN([C@@H](CCc2ccccc2)C(=O)O)C1=O.CCC(C)[C@@]1(C)CCN([C@@H](CCc2ccccc2)C(=O)OC)C1=O.CC[SiH](CC)CC.COC(=O)[C@@H](N)CCc1ccccc1.[Li+].[OH-]. The number of hydrogen-bond acceptors (Lipinski definition) is 17. The number of nitrogens with zero attached hydrogens (tertiary/aromatic N) is 2. The van der Waals surface area contributed by atoms with Crippen LogP contribution in [-0.2, 0) is 104 Å². The third-order valence-corrected chi connectivity index (χ3v) is 31.5. The average molecular weight is 1850 g/mol. The van der Waals surface area contributed by atoms with Crippen LogP contribution in [0.2, 0.25) is 18.1 Å². The van der Waals surface area contributed by atoms with Crippen molar-refractivity contribution in [1.29, 1.82) is 0 Å². The maximum Gasteiger partial charge on any atom is 1.00 e. The van der Waals surface area contributed by atoms with E-state index in [0.717, 1.165) is 80.8 Å². The number of amides is 4.